The van der Waals surface area contributed by atoms with E-state index in [1.165, 1.54) is 10.9 Å². The second kappa shape index (κ2) is 3.98. The highest BCUT2D eigenvalue weighted by Gasteiger charge is 2.06. The molecule has 0 amide bonds. The van der Waals surface area contributed by atoms with Crippen molar-refractivity contribution in [3.05, 3.63) is 60.3 Å². The van der Waals surface area contributed by atoms with E-state index in [1.54, 1.807) is 0 Å². The van der Waals surface area contributed by atoms with Crippen molar-refractivity contribution in [2.75, 3.05) is 0 Å². The molecule has 0 bridgehead atoms. The number of aromatic nitrogens is 1. The van der Waals surface area contributed by atoms with Gasteiger partial charge in [-0.15, -0.1) is 0 Å². The summed E-state index contributed by atoms with van der Waals surface area (Å²) in [4.78, 5) is 3.25. The first kappa shape index (κ1) is 9.97. The number of hydrogen-bond acceptors (Lipinski definition) is 1. The Hall–Kier alpha value is -2.22. The maximum atomic E-state index is 5.87. The van der Waals surface area contributed by atoms with E-state index in [0.717, 1.165) is 17.0 Å². The van der Waals surface area contributed by atoms with Crippen LogP contribution in [0.25, 0.3) is 10.9 Å². The highest BCUT2D eigenvalue weighted by Crippen LogP contribution is 2.30. The van der Waals surface area contributed by atoms with Crippen LogP contribution in [0, 0.1) is 6.92 Å². The van der Waals surface area contributed by atoms with Crippen molar-refractivity contribution in [2.24, 2.45) is 0 Å². The monoisotopic (exact) mass is 223 g/mol. The number of H-pyrrole nitrogens is 1. The highest BCUT2D eigenvalue weighted by molar-refractivity contribution is 5.88. The fourth-order valence-electron chi connectivity index (χ4n) is 1.97. The summed E-state index contributed by atoms with van der Waals surface area (Å²) in [5, 5.41) is 1.21. The Morgan fingerprint density at radius 3 is 2.59 bits per heavy atom. The van der Waals surface area contributed by atoms with Crippen molar-refractivity contribution < 1.29 is 4.74 Å². The topological polar surface area (TPSA) is 25.0 Å². The molecular weight excluding hydrogens is 210 g/mol. The molecule has 0 atom stereocenters. The summed E-state index contributed by atoms with van der Waals surface area (Å²) in [6.07, 6.45) is 2.00. The predicted molar refractivity (Wildman–Crippen MR) is 69.6 cm³/mol. The van der Waals surface area contributed by atoms with Gasteiger partial charge in [0.05, 0.1) is 5.52 Å². The maximum Gasteiger partial charge on any atom is 0.151 e. The average molecular weight is 223 g/mol. The molecule has 1 heterocycles. The summed E-state index contributed by atoms with van der Waals surface area (Å²) in [5.74, 6) is 1.72. The van der Waals surface area contributed by atoms with Crippen molar-refractivity contribution >= 4 is 10.9 Å². The molecule has 3 aromatic rings. The zero-order chi connectivity index (χ0) is 11.7. The van der Waals surface area contributed by atoms with Crippen LogP contribution in [-0.4, -0.2) is 4.98 Å². The van der Waals surface area contributed by atoms with E-state index in [-0.39, 0.29) is 0 Å². The molecule has 0 aliphatic rings. The Morgan fingerprint density at radius 2 is 1.76 bits per heavy atom. The molecule has 0 aliphatic heterocycles. The van der Waals surface area contributed by atoms with Gasteiger partial charge in [0.25, 0.3) is 0 Å². The van der Waals surface area contributed by atoms with Gasteiger partial charge < -0.3 is 9.72 Å². The normalized spacial score (nSPS) is 10.6. The third-order valence-electron chi connectivity index (χ3n) is 2.86. The zero-order valence-electron chi connectivity index (χ0n) is 9.60. The van der Waals surface area contributed by atoms with Gasteiger partial charge in [0.2, 0.25) is 0 Å². The molecule has 0 saturated carbocycles. The Balaban J connectivity index is 2.06. The van der Waals surface area contributed by atoms with E-state index in [2.05, 4.69) is 18.0 Å². The third kappa shape index (κ3) is 1.78. The zero-order valence-corrected chi connectivity index (χ0v) is 9.60. The van der Waals surface area contributed by atoms with Crippen molar-refractivity contribution in [1.82, 2.24) is 4.98 Å². The Kier molecular flexibility index (Phi) is 2.33. The van der Waals surface area contributed by atoms with Crippen LogP contribution in [0.4, 0.5) is 0 Å². The molecule has 0 fully saturated rings. The lowest BCUT2D eigenvalue weighted by atomic mass is 10.2. The number of aromatic amines is 1. The number of aryl methyl sites for hydroxylation is 1. The molecule has 0 spiro atoms. The molecule has 0 unspecified atom stereocenters. The minimum Gasteiger partial charge on any atom is -0.455 e. The molecule has 17 heavy (non-hydrogen) atoms. The molecule has 1 N–H and O–H groups in total. The van der Waals surface area contributed by atoms with Crippen molar-refractivity contribution in [3.8, 4) is 11.5 Å². The van der Waals surface area contributed by atoms with Gasteiger partial charge in [0, 0.05) is 11.6 Å². The van der Waals surface area contributed by atoms with Gasteiger partial charge in [-0.05, 0) is 30.7 Å². The number of benzene rings is 2. The highest BCUT2D eigenvalue weighted by atomic mass is 16.5. The van der Waals surface area contributed by atoms with E-state index in [9.17, 15) is 0 Å². The number of rotatable bonds is 2. The van der Waals surface area contributed by atoms with Gasteiger partial charge in [-0.25, -0.2) is 0 Å². The molecule has 1 aromatic heterocycles. The van der Waals surface area contributed by atoms with Crippen LogP contribution < -0.4 is 4.74 Å². The average Bonchev–Trinajstić information content (AvgIpc) is 2.74. The van der Waals surface area contributed by atoms with Gasteiger partial charge in [-0.1, -0.05) is 30.3 Å². The second-order valence-electron chi connectivity index (χ2n) is 4.07. The number of fused-ring (bicyclic) bond motifs is 1. The Bertz CT molecular complexity index is 640. The standard InChI is InChI=1S/C15H13NO/c1-11-10-16-15-13(11)8-5-9-14(15)17-12-6-3-2-4-7-12/h2-10,16H,1H3. The quantitative estimate of drug-likeness (QED) is 0.689. The van der Waals surface area contributed by atoms with Crippen LogP contribution in [0.5, 0.6) is 11.5 Å². The fourth-order valence-corrected chi connectivity index (χ4v) is 1.97. The third-order valence-corrected chi connectivity index (χ3v) is 2.86. The van der Waals surface area contributed by atoms with Gasteiger partial charge in [-0.3, -0.25) is 0 Å². The van der Waals surface area contributed by atoms with E-state index < -0.39 is 0 Å². The lowest BCUT2D eigenvalue weighted by Crippen LogP contribution is -1.84. The van der Waals surface area contributed by atoms with E-state index in [1.807, 2.05) is 48.7 Å². The van der Waals surface area contributed by atoms with E-state index >= 15 is 0 Å². The van der Waals surface area contributed by atoms with Gasteiger partial charge in [0.15, 0.2) is 5.75 Å². The second-order valence-corrected chi connectivity index (χ2v) is 4.07. The minimum absolute atomic E-state index is 0.854. The van der Waals surface area contributed by atoms with Crippen LogP contribution >= 0.6 is 0 Å². The van der Waals surface area contributed by atoms with Crippen molar-refractivity contribution in [1.29, 1.82) is 0 Å². The lowest BCUT2D eigenvalue weighted by molar-refractivity contribution is 0.487. The molecule has 2 aromatic carbocycles. The van der Waals surface area contributed by atoms with Crippen LogP contribution in [0.15, 0.2) is 54.7 Å². The number of hydrogen-bond donors (Lipinski definition) is 1. The van der Waals surface area contributed by atoms with Gasteiger partial charge >= 0.3 is 0 Å². The molecule has 0 radical (unpaired) electrons. The number of ether oxygens (including phenoxy) is 1. The lowest BCUT2D eigenvalue weighted by Gasteiger charge is -2.06. The number of para-hydroxylation sites is 2. The Labute approximate surface area is 99.9 Å². The maximum absolute atomic E-state index is 5.87. The first-order valence-electron chi connectivity index (χ1n) is 5.64. The largest absolute Gasteiger partial charge is 0.455 e. The number of nitrogens with one attached hydrogen (secondary N) is 1. The molecule has 2 nitrogen and oxygen atoms in total. The van der Waals surface area contributed by atoms with E-state index in [0.29, 0.717) is 0 Å². The van der Waals surface area contributed by atoms with Gasteiger partial charge in [-0.2, -0.15) is 0 Å². The first-order chi connectivity index (χ1) is 8.34. The van der Waals surface area contributed by atoms with Crippen LogP contribution in [0.1, 0.15) is 5.56 Å². The summed E-state index contributed by atoms with van der Waals surface area (Å²) in [5.41, 5.74) is 2.28. The van der Waals surface area contributed by atoms with Gasteiger partial charge in [0.1, 0.15) is 5.75 Å². The predicted octanol–water partition coefficient (Wildman–Crippen LogP) is 4.27. The molecule has 2 heteroatoms. The SMILES string of the molecule is Cc1c[nH]c2c(Oc3ccccc3)cccc12. The summed E-state index contributed by atoms with van der Waals surface area (Å²) in [7, 11) is 0. The van der Waals surface area contributed by atoms with E-state index in [4.69, 9.17) is 4.74 Å². The van der Waals surface area contributed by atoms with Crippen LogP contribution in [-0.2, 0) is 0 Å². The summed E-state index contributed by atoms with van der Waals surface area (Å²) in [6.45, 7) is 2.09. The molecule has 84 valence electrons. The first-order valence-corrected chi connectivity index (χ1v) is 5.64. The minimum atomic E-state index is 0.854. The molecule has 0 aliphatic carbocycles. The van der Waals surface area contributed by atoms with Crippen LogP contribution in [0.2, 0.25) is 0 Å². The fraction of sp³-hybridized carbons (Fsp3) is 0.0667. The van der Waals surface area contributed by atoms with Crippen molar-refractivity contribution in [2.45, 2.75) is 6.92 Å². The summed E-state index contributed by atoms with van der Waals surface area (Å²) >= 11 is 0. The smallest absolute Gasteiger partial charge is 0.151 e. The Morgan fingerprint density at radius 1 is 0.941 bits per heavy atom. The summed E-state index contributed by atoms with van der Waals surface area (Å²) < 4.78 is 5.87. The molecule has 3 rings (SSSR count). The van der Waals surface area contributed by atoms with Crippen LogP contribution in [0.3, 0.4) is 0 Å². The van der Waals surface area contributed by atoms with Crippen molar-refractivity contribution in [3.63, 3.8) is 0 Å². The summed E-state index contributed by atoms with van der Waals surface area (Å²) in [6, 6.07) is 15.9. The molecule has 0 saturated heterocycles. The molecular formula is C15H13NO.